The molecule has 1 N–H and O–H groups in total. The molecule has 0 unspecified atom stereocenters. The molecule has 0 spiro atoms. The van der Waals surface area contributed by atoms with Crippen molar-refractivity contribution in [1.29, 1.82) is 0 Å². The second-order valence-electron chi connectivity index (χ2n) is 5.33. The summed E-state index contributed by atoms with van der Waals surface area (Å²) in [5, 5.41) is 10.2. The molecule has 2 rings (SSSR count). The quantitative estimate of drug-likeness (QED) is 0.821. The highest BCUT2D eigenvalue weighted by atomic mass is 16.6. The van der Waals surface area contributed by atoms with Gasteiger partial charge in [-0.15, -0.1) is 0 Å². The van der Waals surface area contributed by atoms with Crippen LogP contribution < -0.4 is 4.74 Å². The minimum absolute atomic E-state index is 0.0377. The standard InChI is InChI=1S/C17H20O7/c1-10(18)23-9-16-17(24-11(2)19)13(6-7-22-16)14-8-12(21-3)4-5-15(14)20/h4-8,13,16-17,20H,9H2,1-3H3/t13-,16+,17-/m0/s1. The molecule has 0 aromatic heterocycles. The van der Waals surface area contributed by atoms with E-state index < -0.39 is 30.1 Å². The number of carbonyl (C=O) groups is 2. The van der Waals surface area contributed by atoms with Gasteiger partial charge in [0, 0.05) is 25.3 Å². The summed E-state index contributed by atoms with van der Waals surface area (Å²) in [5.41, 5.74) is 0.521. The molecule has 1 aromatic carbocycles. The Morgan fingerprint density at radius 2 is 2.00 bits per heavy atom. The Kier molecular flexibility index (Phi) is 5.68. The first-order valence-corrected chi connectivity index (χ1v) is 7.42. The Bertz CT molecular complexity index is 638. The molecule has 0 saturated carbocycles. The molecule has 0 fully saturated rings. The Balaban J connectivity index is 2.34. The number of ether oxygens (including phenoxy) is 4. The van der Waals surface area contributed by atoms with Gasteiger partial charge in [0.1, 0.15) is 18.1 Å². The molecule has 0 radical (unpaired) electrons. The Labute approximate surface area is 139 Å². The average Bonchev–Trinajstić information content (AvgIpc) is 2.54. The van der Waals surface area contributed by atoms with Crippen LogP contribution >= 0.6 is 0 Å². The van der Waals surface area contributed by atoms with Crippen LogP contribution in [0.4, 0.5) is 0 Å². The number of carbonyl (C=O) groups excluding carboxylic acids is 2. The SMILES string of the molecule is COc1ccc(O)c([C@@H]2C=CO[C@H](COC(C)=O)[C@H]2OC(C)=O)c1. The van der Waals surface area contributed by atoms with Gasteiger partial charge in [0.25, 0.3) is 0 Å². The molecule has 3 atom stereocenters. The maximum Gasteiger partial charge on any atom is 0.303 e. The van der Waals surface area contributed by atoms with E-state index in [1.54, 1.807) is 18.2 Å². The van der Waals surface area contributed by atoms with Gasteiger partial charge in [0.05, 0.1) is 13.4 Å². The van der Waals surface area contributed by atoms with Crippen molar-refractivity contribution >= 4 is 11.9 Å². The molecule has 0 aliphatic carbocycles. The molecule has 1 aliphatic heterocycles. The molecule has 0 amide bonds. The number of phenolic OH excluding ortho intramolecular Hbond substituents is 1. The van der Waals surface area contributed by atoms with Gasteiger partial charge in [0.2, 0.25) is 0 Å². The number of aromatic hydroxyl groups is 1. The fourth-order valence-corrected chi connectivity index (χ4v) is 2.53. The molecule has 1 heterocycles. The third-order valence-corrected chi connectivity index (χ3v) is 3.61. The predicted octanol–water partition coefficient (Wildman–Crippen LogP) is 1.89. The first-order chi connectivity index (χ1) is 11.4. The smallest absolute Gasteiger partial charge is 0.303 e. The van der Waals surface area contributed by atoms with Crippen LogP contribution in [0.5, 0.6) is 11.5 Å². The molecule has 130 valence electrons. The second kappa shape index (κ2) is 7.72. The van der Waals surface area contributed by atoms with Crippen molar-refractivity contribution in [3.8, 4) is 11.5 Å². The van der Waals surface area contributed by atoms with E-state index >= 15 is 0 Å². The molecule has 1 aliphatic rings. The number of phenols is 1. The summed E-state index contributed by atoms with van der Waals surface area (Å²) in [7, 11) is 1.52. The number of esters is 2. The van der Waals surface area contributed by atoms with Crippen LogP contribution in [0.3, 0.4) is 0 Å². The minimum Gasteiger partial charge on any atom is -0.508 e. The zero-order valence-electron chi connectivity index (χ0n) is 13.7. The van der Waals surface area contributed by atoms with Crippen molar-refractivity contribution < 1.29 is 33.6 Å². The van der Waals surface area contributed by atoms with Crippen LogP contribution in [0.2, 0.25) is 0 Å². The topological polar surface area (TPSA) is 91.3 Å². The first kappa shape index (κ1) is 17.7. The Hall–Kier alpha value is -2.70. The minimum atomic E-state index is -0.759. The summed E-state index contributed by atoms with van der Waals surface area (Å²) in [6.07, 6.45) is 1.67. The van der Waals surface area contributed by atoms with Gasteiger partial charge >= 0.3 is 11.9 Å². The third kappa shape index (κ3) is 4.18. The average molecular weight is 336 g/mol. The number of methoxy groups -OCH3 is 1. The fraction of sp³-hybridized carbons (Fsp3) is 0.412. The Morgan fingerprint density at radius 1 is 1.25 bits per heavy atom. The van der Waals surface area contributed by atoms with Crippen molar-refractivity contribution in [2.45, 2.75) is 32.0 Å². The van der Waals surface area contributed by atoms with Crippen LogP contribution in [0, 0.1) is 0 Å². The van der Waals surface area contributed by atoms with Crippen LogP contribution in [0.25, 0.3) is 0 Å². The lowest BCUT2D eigenvalue weighted by molar-refractivity contribution is -0.161. The van der Waals surface area contributed by atoms with Gasteiger partial charge in [-0.05, 0) is 24.3 Å². The van der Waals surface area contributed by atoms with E-state index in [-0.39, 0.29) is 12.4 Å². The fourth-order valence-electron chi connectivity index (χ4n) is 2.53. The molecule has 7 nitrogen and oxygen atoms in total. The summed E-state index contributed by atoms with van der Waals surface area (Å²) < 4.78 is 21.0. The first-order valence-electron chi connectivity index (χ1n) is 7.42. The largest absolute Gasteiger partial charge is 0.508 e. The van der Waals surface area contributed by atoms with E-state index in [9.17, 15) is 14.7 Å². The van der Waals surface area contributed by atoms with Crippen LogP contribution in [-0.2, 0) is 23.8 Å². The highest BCUT2D eigenvalue weighted by Crippen LogP contribution is 2.37. The molecule has 24 heavy (non-hydrogen) atoms. The van der Waals surface area contributed by atoms with Crippen LogP contribution in [0.15, 0.2) is 30.5 Å². The lowest BCUT2D eigenvalue weighted by Crippen LogP contribution is -2.42. The summed E-state index contributed by atoms with van der Waals surface area (Å²) in [6.45, 7) is 2.49. The van der Waals surface area contributed by atoms with E-state index in [0.717, 1.165) is 0 Å². The lowest BCUT2D eigenvalue weighted by Gasteiger charge is -2.34. The Morgan fingerprint density at radius 3 is 2.62 bits per heavy atom. The van der Waals surface area contributed by atoms with Crippen LogP contribution in [-0.4, -0.2) is 43.0 Å². The highest BCUT2D eigenvalue weighted by Gasteiger charge is 2.38. The highest BCUT2D eigenvalue weighted by molar-refractivity contribution is 5.67. The summed E-state index contributed by atoms with van der Waals surface area (Å²) in [5.74, 6) is -0.843. The second-order valence-corrected chi connectivity index (χ2v) is 5.33. The molecule has 0 bridgehead atoms. The van der Waals surface area contributed by atoms with E-state index in [2.05, 4.69) is 0 Å². The zero-order chi connectivity index (χ0) is 17.7. The van der Waals surface area contributed by atoms with E-state index in [0.29, 0.717) is 11.3 Å². The van der Waals surface area contributed by atoms with Gasteiger partial charge < -0.3 is 24.1 Å². The molecular formula is C17H20O7. The maximum atomic E-state index is 11.5. The number of rotatable bonds is 5. The monoisotopic (exact) mass is 336 g/mol. The van der Waals surface area contributed by atoms with Gasteiger partial charge in [-0.3, -0.25) is 9.59 Å². The number of hydrogen-bond donors (Lipinski definition) is 1. The lowest BCUT2D eigenvalue weighted by atomic mass is 9.88. The summed E-state index contributed by atoms with van der Waals surface area (Å²) in [4.78, 5) is 22.5. The van der Waals surface area contributed by atoms with Crippen molar-refractivity contribution in [1.82, 2.24) is 0 Å². The van der Waals surface area contributed by atoms with Crippen molar-refractivity contribution in [2.24, 2.45) is 0 Å². The van der Waals surface area contributed by atoms with E-state index in [1.807, 2.05) is 0 Å². The molecule has 7 heteroatoms. The van der Waals surface area contributed by atoms with Crippen molar-refractivity contribution in [3.63, 3.8) is 0 Å². The molecule has 1 aromatic rings. The van der Waals surface area contributed by atoms with E-state index in [1.165, 1.54) is 33.3 Å². The molecule has 0 saturated heterocycles. The van der Waals surface area contributed by atoms with Gasteiger partial charge in [0.15, 0.2) is 12.2 Å². The van der Waals surface area contributed by atoms with Gasteiger partial charge in [-0.25, -0.2) is 0 Å². The zero-order valence-corrected chi connectivity index (χ0v) is 13.7. The normalized spacial score (nSPS) is 22.4. The number of hydrogen-bond acceptors (Lipinski definition) is 7. The van der Waals surface area contributed by atoms with Gasteiger partial charge in [-0.1, -0.05) is 0 Å². The van der Waals surface area contributed by atoms with E-state index in [4.69, 9.17) is 18.9 Å². The summed E-state index contributed by atoms with van der Waals surface area (Å²) >= 11 is 0. The molecular weight excluding hydrogens is 316 g/mol. The third-order valence-electron chi connectivity index (χ3n) is 3.61. The van der Waals surface area contributed by atoms with Gasteiger partial charge in [-0.2, -0.15) is 0 Å². The summed E-state index contributed by atoms with van der Waals surface area (Å²) in [6, 6.07) is 4.79. The predicted molar refractivity (Wildman–Crippen MR) is 83.6 cm³/mol. The van der Waals surface area contributed by atoms with Crippen LogP contribution in [0.1, 0.15) is 25.3 Å². The number of benzene rings is 1. The maximum absolute atomic E-state index is 11.5. The van der Waals surface area contributed by atoms with Crippen molar-refractivity contribution in [3.05, 3.63) is 36.1 Å². The van der Waals surface area contributed by atoms with Crippen molar-refractivity contribution in [2.75, 3.05) is 13.7 Å².